The van der Waals surface area contributed by atoms with Crippen LogP contribution >= 0.6 is 0 Å². The molecule has 0 aliphatic heterocycles. The van der Waals surface area contributed by atoms with Gasteiger partial charge in [-0.05, 0) is 32.8 Å². The first-order valence-electron chi connectivity index (χ1n) is 7.08. The van der Waals surface area contributed by atoms with Gasteiger partial charge in [-0.15, -0.1) is 0 Å². The van der Waals surface area contributed by atoms with Gasteiger partial charge in [-0.25, -0.2) is 0 Å². The first kappa shape index (κ1) is 15.7. The Balaban J connectivity index is 2.97. The summed E-state index contributed by atoms with van der Waals surface area (Å²) < 4.78 is 10.3. The van der Waals surface area contributed by atoms with Crippen LogP contribution in [0.25, 0.3) is 0 Å². The standard InChI is InChI=1S/C15H24O4/c1-4-18-11-9-12(3)15(14(17)19-5-2)10-7-6-8-13(15)16/h9,11-12H,4-8,10H2,1-3H3/b11-9+/t12-,15+/m0/s1. The van der Waals surface area contributed by atoms with Crippen LogP contribution in [0.4, 0.5) is 0 Å². The first-order valence-corrected chi connectivity index (χ1v) is 7.08. The van der Waals surface area contributed by atoms with Crippen molar-refractivity contribution in [1.82, 2.24) is 0 Å². The molecule has 1 rings (SSSR count). The van der Waals surface area contributed by atoms with Gasteiger partial charge < -0.3 is 9.47 Å². The van der Waals surface area contributed by atoms with Crippen molar-refractivity contribution in [2.24, 2.45) is 11.3 Å². The summed E-state index contributed by atoms with van der Waals surface area (Å²) in [6.07, 6.45) is 6.16. The minimum absolute atomic E-state index is 0.00542. The molecule has 4 heteroatoms. The van der Waals surface area contributed by atoms with E-state index in [9.17, 15) is 9.59 Å². The molecule has 0 spiro atoms. The van der Waals surface area contributed by atoms with Crippen molar-refractivity contribution in [3.8, 4) is 0 Å². The van der Waals surface area contributed by atoms with Gasteiger partial charge in [0.05, 0.1) is 19.5 Å². The molecule has 0 aromatic carbocycles. The van der Waals surface area contributed by atoms with Crippen molar-refractivity contribution in [3.63, 3.8) is 0 Å². The monoisotopic (exact) mass is 268 g/mol. The summed E-state index contributed by atoms with van der Waals surface area (Å²) >= 11 is 0. The van der Waals surface area contributed by atoms with Crippen molar-refractivity contribution in [3.05, 3.63) is 12.3 Å². The van der Waals surface area contributed by atoms with Crippen molar-refractivity contribution >= 4 is 11.8 Å². The van der Waals surface area contributed by atoms with E-state index in [2.05, 4.69) is 0 Å². The third-order valence-electron chi connectivity index (χ3n) is 3.77. The molecular weight excluding hydrogens is 244 g/mol. The predicted octanol–water partition coefficient (Wildman–Crippen LogP) is 2.87. The van der Waals surface area contributed by atoms with Crippen LogP contribution in [0.5, 0.6) is 0 Å². The number of carbonyl (C=O) groups excluding carboxylic acids is 2. The van der Waals surface area contributed by atoms with E-state index >= 15 is 0 Å². The number of Topliss-reactive ketones (excluding diaryl/α,β-unsaturated/α-hetero) is 1. The van der Waals surface area contributed by atoms with Crippen molar-refractivity contribution < 1.29 is 19.1 Å². The van der Waals surface area contributed by atoms with E-state index in [0.717, 1.165) is 12.8 Å². The molecule has 1 saturated carbocycles. The molecule has 0 heterocycles. The molecule has 1 aliphatic carbocycles. The average Bonchev–Trinajstić information content (AvgIpc) is 2.39. The van der Waals surface area contributed by atoms with E-state index in [0.29, 0.717) is 26.1 Å². The topological polar surface area (TPSA) is 52.6 Å². The number of allylic oxidation sites excluding steroid dienone is 1. The highest BCUT2D eigenvalue weighted by Gasteiger charge is 2.51. The van der Waals surface area contributed by atoms with Crippen LogP contribution in [0, 0.1) is 11.3 Å². The zero-order valence-corrected chi connectivity index (χ0v) is 12.1. The van der Waals surface area contributed by atoms with Gasteiger partial charge in [0.1, 0.15) is 5.41 Å². The van der Waals surface area contributed by atoms with E-state index in [4.69, 9.17) is 9.47 Å². The lowest BCUT2D eigenvalue weighted by molar-refractivity contribution is -0.165. The maximum absolute atomic E-state index is 12.3. The summed E-state index contributed by atoms with van der Waals surface area (Å²) in [5, 5.41) is 0. The highest BCUT2D eigenvalue weighted by atomic mass is 16.5. The fraction of sp³-hybridized carbons (Fsp3) is 0.733. The van der Waals surface area contributed by atoms with Gasteiger partial charge in [0.25, 0.3) is 0 Å². The molecule has 108 valence electrons. The molecule has 0 unspecified atom stereocenters. The molecule has 0 amide bonds. The molecule has 19 heavy (non-hydrogen) atoms. The van der Waals surface area contributed by atoms with Crippen LogP contribution in [0.15, 0.2) is 12.3 Å². The molecular formula is C15H24O4. The number of hydrogen-bond acceptors (Lipinski definition) is 4. The van der Waals surface area contributed by atoms with Gasteiger partial charge in [0, 0.05) is 12.3 Å². The fourth-order valence-electron chi connectivity index (χ4n) is 2.63. The maximum Gasteiger partial charge on any atom is 0.320 e. The molecule has 0 N–H and O–H groups in total. The molecule has 0 radical (unpaired) electrons. The lowest BCUT2D eigenvalue weighted by atomic mass is 9.65. The maximum atomic E-state index is 12.3. The fourth-order valence-corrected chi connectivity index (χ4v) is 2.63. The quantitative estimate of drug-likeness (QED) is 0.422. The Kier molecular flexibility index (Phi) is 6.06. The van der Waals surface area contributed by atoms with Crippen molar-refractivity contribution in [1.29, 1.82) is 0 Å². The molecule has 0 aromatic rings. The Morgan fingerprint density at radius 3 is 2.68 bits per heavy atom. The second kappa shape index (κ2) is 7.31. The summed E-state index contributed by atoms with van der Waals surface area (Å²) in [5.74, 6) is -0.579. The van der Waals surface area contributed by atoms with E-state index in [-0.39, 0.29) is 17.7 Å². The first-order chi connectivity index (χ1) is 9.09. The van der Waals surface area contributed by atoms with Gasteiger partial charge in [-0.3, -0.25) is 9.59 Å². The van der Waals surface area contributed by atoms with Crippen LogP contribution in [0.3, 0.4) is 0 Å². The molecule has 0 aromatic heterocycles. The van der Waals surface area contributed by atoms with Crippen LogP contribution in [-0.4, -0.2) is 25.0 Å². The summed E-state index contributed by atoms with van der Waals surface area (Å²) in [6.45, 7) is 6.41. The van der Waals surface area contributed by atoms with Crippen LogP contribution in [0.1, 0.15) is 46.5 Å². The third kappa shape index (κ3) is 3.37. The number of carbonyl (C=O) groups is 2. The van der Waals surface area contributed by atoms with Crippen molar-refractivity contribution in [2.45, 2.75) is 46.5 Å². The van der Waals surface area contributed by atoms with E-state index in [1.54, 1.807) is 19.3 Å². The minimum atomic E-state index is -1.01. The van der Waals surface area contributed by atoms with Gasteiger partial charge in [-0.1, -0.05) is 13.3 Å². The number of ketones is 1. The molecule has 2 atom stereocenters. The Labute approximate surface area is 115 Å². The average molecular weight is 268 g/mol. The highest BCUT2D eigenvalue weighted by Crippen LogP contribution is 2.41. The zero-order chi connectivity index (χ0) is 14.3. The summed E-state index contributed by atoms with van der Waals surface area (Å²) in [7, 11) is 0. The lowest BCUT2D eigenvalue weighted by Crippen LogP contribution is -2.47. The Hall–Kier alpha value is -1.32. The molecule has 0 bridgehead atoms. The van der Waals surface area contributed by atoms with Gasteiger partial charge >= 0.3 is 5.97 Å². The van der Waals surface area contributed by atoms with E-state index in [1.165, 1.54) is 0 Å². The van der Waals surface area contributed by atoms with Gasteiger partial charge in [0.2, 0.25) is 0 Å². The molecule has 1 aliphatic rings. The molecule has 4 nitrogen and oxygen atoms in total. The SMILES string of the molecule is CCO/C=C/[C@H](C)[C@]1(C(=O)OCC)CCCCC1=O. The number of ether oxygens (including phenoxy) is 2. The lowest BCUT2D eigenvalue weighted by Gasteiger charge is -2.36. The predicted molar refractivity (Wildman–Crippen MR) is 72.5 cm³/mol. The molecule has 1 fully saturated rings. The highest BCUT2D eigenvalue weighted by molar-refractivity contribution is 6.04. The van der Waals surface area contributed by atoms with E-state index in [1.807, 2.05) is 13.8 Å². The van der Waals surface area contributed by atoms with Crippen LogP contribution in [-0.2, 0) is 19.1 Å². The van der Waals surface area contributed by atoms with Crippen LogP contribution < -0.4 is 0 Å². The largest absolute Gasteiger partial charge is 0.502 e. The number of hydrogen-bond donors (Lipinski definition) is 0. The second-order valence-electron chi connectivity index (χ2n) is 4.89. The minimum Gasteiger partial charge on any atom is -0.502 e. The smallest absolute Gasteiger partial charge is 0.320 e. The Morgan fingerprint density at radius 2 is 2.11 bits per heavy atom. The van der Waals surface area contributed by atoms with Gasteiger partial charge in [-0.2, -0.15) is 0 Å². The van der Waals surface area contributed by atoms with Crippen molar-refractivity contribution in [2.75, 3.05) is 13.2 Å². The number of esters is 1. The van der Waals surface area contributed by atoms with Gasteiger partial charge in [0.15, 0.2) is 5.78 Å². The summed E-state index contributed by atoms with van der Waals surface area (Å²) in [4.78, 5) is 24.6. The van der Waals surface area contributed by atoms with E-state index < -0.39 is 5.41 Å². The normalized spacial score (nSPS) is 25.3. The summed E-state index contributed by atoms with van der Waals surface area (Å²) in [5.41, 5.74) is -1.01. The Bertz CT molecular complexity index is 348. The van der Waals surface area contributed by atoms with Crippen LogP contribution in [0.2, 0.25) is 0 Å². The zero-order valence-electron chi connectivity index (χ0n) is 12.1. The summed E-state index contributed by atoms with van der Waals surface area (Å²) in [6, 6.07) is 0. The second-order valence-corrected chi connectivity index (χ2v) is 4.89. The molecule has 0 saturated heterocycles. The number of rotatable bonds is 6. The third-order valence-corrected chi connectivity index (χ3v) is 3.77. The Morgan fingerprint density at radius 1 is 1.37 bits per heavy atom.